The summed E-state index contributed by atoms with van der Waals surface area (Å²) in [4.78, 5) is 10.0. The number of benzene rings is 1. The summed E-state index contributed by atoms with van der Waals surface area (Å²) >= 11 is 0. The highest BCUT2D eigenvalue weighted by Crippen LogP contribution is 2.02. The molecule has 13 heavy (non-hydrogen) atoms. The van der Waals surface area contributed by atoms with E-state index in [4.69, 9.17) is 5.11 Å². The summed E-state index contributed by atoms with van der Waals surface area (Å²) in [6.07, 6.45) is 2.21. The van der Waals surface area contributed by atoms with Crippen LogP contribution in [0.3, 0.4) is 0 Å². The Balaban J connectivity index is 2.51. The maximum atomic E-state index is 10.0. The van der Waals surface area contributed by atoms with Gasteiger partial charge in [-0.25, -0.2) is 0 Å². The predicted octanol–water partition coefficient (Wildman–Crippen LogP) is 0.247. The maximum absolute atomic E-state index is 10.0. The molecule has 1 rings (SSSR count). The number of aliphatic hydroxyl groups excluding tert-OH is 1. The third-order valence-corrected chi connectivity index (χ3v) is 1.81. The lowest BCUT2D eigenvalue weighted by Crippen LogP contribution is -2.33. The van der Waals surface area contributed by atoms with E-state index >= 15 is 0 Å². The molecule has 3 heteroatoms. The van der Waals surface area contributed by atoms with Crippen LogP contribution in [0.5, 0.6) is 0 Å². The summed E-state index contributed by atoms with van der Waals surface area (Å²) in [6, 6.07) is 9.45. The average molecular weight is 178 g/mol. The molecule has 2 N–H and O–H groups in total. The number of hydrogen-bond donors (Lipinski definition) is 2. The Morgan fingerprint density at radius 3 is 2.62 bits per heavy atom. The minimum Gasteiger partial charge on any atom is -0.394 e. The van der Waals surface area contributed by atoms with Gasteiger partial charge < -0.3 is 10.4 Å². The molecule has 0 fully saturated rings. The Morgan fingerprint density at radius 2 is 2.08 bits per heavy atom. The monoisotopic (exact) mass is 178 g/mol. The van der Waals surface area contributed by atoms with Gasteiger partial charge in [0.1, 0.15) is 0 Å². The molecule has 0 aliphatic carbocycles. The second-order valence-corrected chi connectivity index (χ2v) is 2.82. The van der Waals surface area contributed by atoms with Crippen molar-refractivity contribution >= 4 is 6.41 Å². The molecule has 69 valence electrons. The van der Waals surface area contributed by atoms with Crippen LogP contribution in [0.1, 0.15) is 5.56 Å². The molecule has 1 amide bonds. The van der Waals surface area contributed by atoms with Crippen molar-refractivity contribution in [3.63, 3.8) is 0 Å². The average Bonchev–Trinajstić information content (AvgIpc) is 2.19. The van der Waals surface area contributed by atoms with Gasteiger partial charge >= 0.3 is 6.41 Å². The van der Waals surface area contributed by atoms with E-state index < -0.39 is 0 Å². The van der Waals surface area contributed by atoms with Crippen LogP contribution < -0.4 is 5.32 Å². The molecule has 0 saturated carbocycles. The zero-order valence-electron chi connectivity index (χ0n) is 7.23. The summed E-state index contributed by atoms with van der Waals surface area (Å²) in [5, 5.41) is 11.3. The Hall–Kier alpha value is -1.35. The molecule has 3 nitrogen and oxygen atoms in total. The van der Waals surface area contributed by atoms with E-state index in [9.17, 15) is 4.79 Å². The molecule has 1 radical (unpaired) electrons. The molecule has 1 aromatic rings. The molecular formula is C10H12NO2. The van der Waals surface area contributed by atoms with Crippen LogP contribution in [0.15, 0.2) is 30.3 Å². The standard InChI is InChI=1S/C10H12NO2/c12-7-10(11-8-13)6-9-4-2-1-3-5-9/h1-5,10,12H,6-7H2,(H,11,13)/t10-/m1/s1. The largest absolute Gasteiger partial charge is 0.394 e. The Morgan fingerprint density at radius 1 is 1.38 bits per heavy atom. The van der Waals surface area contributed by atoms with Gasteiger partial charge in [-0.15, -0.1) is 0 Å². The summed E-state index contributed by atoms with van der Waals surface area (Å²) in [5.74, 6) is 0. The van der Waals surface area contributed by atoms with E-state index in [0.717, 1.165) is 5.56 Å². The predicted molar refractivity (Wildman–Crippen MR) is 49.8 cm³/mol. The summed E-state index contributed by atoms with van der Waals surface area (Å²) in [5.41, 5.74) is 1.09. The SMILES string of the molecule is O=[C]N[C@@H](CO)Cc1ccccc1. The third kappa shape index (κ3) is 3.25. The van der Waals surface area contributed by atoms with Crippen LogP contribution in [0, 0.1) is 0 Å². The second kappa shape index (κ2) is 5.32. The number of amides is 1. The van der Waals surface area contributed by atoms with Crippen molar-refractivity contribution in [1.29, 1.82) is 0 Å². The first-order chi connectivity index (χ1) is 6.36. The molecule has 0 bridgehead atoms. The summed E-state index contributed by atoms with van der Waals surface area (Å²) < 4.78 is 0. The van der Waals surface area contributed by atoms with Crippen LogP contribution in [-0.2, 0) is 11.2 Å². The van der Waals surface area contributed by atoms with Gasteiger partial charge in [0, 0.05) is 0 Å². The molecule has 0 unspecified atom stereocenters. The van der Waals surface area contributed by atoms with Crippen LogP contribution in [0.2, 0.25) is 0 Å². The zero-order valence-corrected chi connectivity index (χ0v) is 7.23. The molecule has 0 aliphatic heterocycles. The smallest absolute Gasteiger partial charge is 0.309 e. The fourth-order valence-electron chi connectivity index (χ4n) is 1.14. The van der Waals surface area contributed by atoms with Crippen LogP contribution in [0.4, 0.5) is 0 Å². The molecule has 0 spiro atoms. The number of nitrogens with one attached hydrogen (secondary N) is 1. The zero-order chi connectivity index (χ0) is 9.52. The van der Waals surface area contributed by atoms with E-state index in [0.29, 0.717) is 6.42 Å². The van der Waals surface area contributed by atoms with Crippen molar-refractivity contribution < 1.29 is 9.90 Å². The van der Waals surface area contributed by atoms with Crippen molar-refractivity contribution in [2.24, 2.45) is 0 Å². The van der Waals surface area contributed by atoms with Crippen LogP contribution >= 0.6 is 0 Å². The fraction of sp³-hybridized carbons (Fsp3) is 0.300. The molecule has 1 aromatic carbocycles. The lowest BCUT2D eigenvalue weighted by molar-refractivity contribution is 0.253. The van der Waals surface area contributed by atoms with Gasteiger partial charge in [-0.3, -0.25) is 4.79 Å². The molecule has 0 saturated heterocycles. The van der Waals surface area contributed by atoms with Gasteiger partial charge in [0.2, 0.25) is 0 Å². The van der Waals surface area contributed by atoms with Gasteiger partial charge in [0.05, 0.1) is 12.6 Å². The van der Waals surface area contributed by atoms with Crippen LogP contribution in [0.25, 0.3) is 0 Å². The van der Waals surface area contributed by atoms with Gasteiger partial charge in [-0.2, -0.15) is 0 Å². The van der Waals surface area contributed by atoms with E-state index in [1.807, 2.05) is 30.3 Å². The van der Waals surface area contributed by atoms with Gasteiger partial charge in [-0.1, -0.05) is 30.3 Å². The highest BCUT2D eigenvalue weighted by molar-refractivity contribution is 5.47. The first-order valence-electron chi connectivity index (χ1n) is 4.14. The maximum Gasteiger partial charge on any atom is 0.309 e. The highest BCUT2D eigenvalue weighted by atomic mass is 16.3. The quantitative estimate of drug-likeness (QED) is 0.635. The molecule has 0 aromatic heterocycles. The molecule has 0 aliphatic rings. The highest BCUT2D eigenvalue weighted by Gasteiger charge is 2.06. The minimum absolute atomic E-state index is 0.0653. The summed E-state index contributed by atoms with van der Waals surface area (Å²) in [6.45, 7) is -0.0653. The van der Waals surface area contributed by atoms with E-state index in [1.165, 1.54) is 0 Å². The number of aliphatic hydroxyl groups is 1. The van der Waals surface area contributed by atoms with Gasteiger partial charge in [0.15, 0.2) is 0 Å². The first kappa shape index (κ1) is 9.74. The Bertz CT molecular complexity index is 248. The lowest BCUT2D eigenvalue weighted by atomic mass is 10.1. The van der Waals surface area contributed by atoms with Crippen molar-refractivity contribution in [3.05, 3.63) is 35.9 Å². The number of hydrogen-bond acceptors (Lipinski definition) is 2. The van der Waals surface area contributed by atoms with Gasteiger partial charge in [-0.05, 0) is 12.0 Å². The van der Waals surface area contributed by atoms with Crippen molar-refractivity contribution in [2.75, 3.05) is 6.61 Å². The van der Waals surface area contributed by atoms with E-state index in [-0.39, 0.29) is 12.6 Å². The molecule has 0 heterocycles. The third-order valence-electron chi connectivity index (χ3n) is 1.81. The lowest BCUT2D eigenvalue weighted by Gasteiger charge is -2.11. The van der Waals surface area contributed by atoms with Crippen molar-refractivity contribution in [2.45, 2.75) is 12.5 Å². The first-order valence-corrected chi connectivity index (χ1v) is 4.14. The Labute approximate surface area is 77.4 Å². The summed E-state index contributed by atoms with van der Waals surface area (Å²) in [7, 11) is 0. The second-order valence-electron chi connectivity index (χ2n) is 2.82. The van der Waals surface area contributed by atoms with Crippen molar-refractivity contribution in [3.8, 4) is 0 Å². The number of rotatable bonds is 5. The van der Waals surface area contributed by atoms with E-state index in [1.54, 1.807) is 6.41 Å². The van der Waals surface area contributed by atoms with Crippen LogP contribution in [-0.4, -0.2) is 24.2 Å². The topological polar surface area (TPSA) is 49.3 Å². The number of carbonyl (C=O) groups excluding carboxylic acids is 1. The van der Waals surface area contributed by atoms with Gasteiger partial charge in [0.25, 0.3) is 0 Å². The van der Waals surface area contributed by atoms with Crippen molar-refractivity contribution in [1.82, 2.24) is 5.32 Å². The normalized spacial score (nSPS) is 12.1. The molecule has 1 atom stereocenters. The molecular weight excluding hydrogens is 166 g/mol. The minimum atomic E-state index is -0.236. The Kier molecular flexibility index (Phi) is 3.99. The fourth-order valence-corrected chi connectivity index (χ4v) is 1.14. The van der Waals surface area contributed by atoms with E-state index in [2.05, 4.69) is 5.32 Å².